The maximum Gasteiger partial charge on any atom is 0.230 e. The molecule has 1 aromatic rings. The zero-order valence-electron chi connectivity index (χ0n) is 21.7. The number of nitrogens with two attached hydrogens (primary N) is 1. The number of amides is 1. The van der Waals surface area contributed by atoms with Crippen LogP contribution in [0.1, 0.15) is 61.7 Å². The molecule has 2 atom stereocenters. The van der Waals surface area contributed by atoms with Crippen molar-refractivity contribution in [1.82, 2.24) is 10.2 Å². The fraction of sp³-hybridized carbons (Fsp3) is 0.571. The van der Waals surface area contributed by atoms with Gasteiger partial charge in [0.05, 0.1) is 17.3 Å². The zero-order chi connectivity index (χ0) is 27.7. The van der Waals surface area contributed by atoms with Crippen molar-refractivity contribution in [2.24, 2.45) is 17.1 Å². The van der Waals surface area contributed by atoms with Crippen molar-refractivity contribution >= 4 is 39.2 Å². The second-order valence-corrected chi connectivity index (χ2v) is 11.1. The molecule has 208 valence electrons. The number of ketones is 3. The molecule has 38 heavy (non-hydrogen) atoms. The maximum atomic E-state index is 14.0. The Labute approximate surface area is 231 Å². The summed E-state index contributed by atoms with van der Waals surface area (Å²) < 4.78 is 19.6. The van der Waals surface area contributed by atoms with Crippen LogP contribution in [0.3, 0.4) is 0 Å². The molecule has 8 nitrogen and oxygen atoms in total. The Bertz CT molecular complexity index is 1030. The van der Waals surface area contributed by atoms with E-state index in [-0.39, 0.29) is 30.3 Å². The third kappa shape index (κ3) is 7.72. The number of benzene rings is 1. The fourth-order valence-corrected chi connectivity index (χ4v) is 5.65. The van der Waals surface area contributed by atoms with Gasteiger partial charge in [0, 0.05) is 55.1 Å². The molecule has 2 heterocycles. The minimum Gasteiger partial charge on any atom is -0.386 e. The summed E-state index contributed by atoms with van der Waals surface area (Å²) in [6.07, 6.45) is 2.71. The highest BCUT2D eigenvalue weighted by Crippen LogP contribution is 2.40. The Morgan fingerprint density at radius 1 is 1.21 bits per heavy atom. The molecule has 2 fully saturated rings. The molecule has 1 aromatic carbocycles. The Balaban J connectivity index is 1.73. The summed E-state index contributed by atoms with van der Waals surface area (Å²) in [4.78, 5) is 54.4. The van der Waals surface area contributed by atoms with Crippen LogP contribution in [0.15, 0.2) is 41.1 Å². The Hall–Kier alpha value is -2.59. The standard InChI is InChI=1S/C28H37BrFN3O5/c1-19(31)32-12-2-4-21(26(36)18-30)16-24(34)23-5-3-13-33(23)27(37)28(10-14-38-15-11-28)17-25(35)20-6-8-22(29)9-7-20/h6-9,21,23,32H,1-5,10-18,31H2/t21-,23+/m1/s1. The number of rotatable bonds is 14. The lowest BCUT2D eigenvalue weighted by Crippen LogP contribution is -2.51. The van der Waals surface area contributed by atoms with Gasteiger partial charge in [-0.1, -0.05) is 34.6 Å². The van der Waals surface area contributed by atoms with Crippen LogP contribution in [0.25, 0.3) is 0 Å². The number of nitrogens with zero attached hydrogens (tertiary/aromatic N) is 1. The number of hydrogen-bond donors (Lipinski definition) is 2. The lowest BCUT2D eigenvalue weighted by Gasteiger charge is -2.40. The van der Waals surface area contributed by atoms with E-state index in [1.54, 1.807) is 29.2 Å². The number of carbonyl (C=O) groups is 4. The molecule has 2 aliphatic rings. The molecule has 10 heteroatoms. The molecule has 0 unspecified atom stereocenters. The van der Waals surface area contributed by atoms with E-state index in [1.165, 1.54) is 0 Å². The number of likely N-dealkylation sites (tertiary alicyclic amines) is 1. The molecular formula is C28H37BrFN3O5. The molecule has 2 aliphatic heterocycles. The number of Topliss-reactive ketones (excluding diaryl/α,β-unsaturated/α-hetero) is 3. The molecule has 0 spiro atoms. The molecule has 0 radical (unpaired) electrons. The van der Waals surface area contributed by atoms with E-state index in [0.717, 1.165) is 4.47 Å². The first-order valence-electron chi connectivity index (χ1n) is 13.1. The van der Waals surface area contributed by atoms with Crippen LogP contribution in [-0.4, -0.2) is 67.2 Å². The van der Waals surface area contributed by atoms with Gasteiger partial charge < -0.3 is 20.7 Å². The first-order chi connectivity index (χ1) is 18.2. The average Bonchev–Trinajstić information content (AvgIpc) is 3.40. The van der Waals surface area contributed by atoms with Crippen molar-refractivity contribution in [2.45, 2.75) is 57.4 Å². The molecule has 3 N–H and O–H groups in total. The first kappa shape index (κ1) is 30.0. The molecule has 0 aromatic heterocycles. The first-order valence-corrected chi connectivity index (χ1v) is 13.9. The average molecular weight is 595 g/mol. The Morgan fingerprint density at radius 3 is 2.53 bits per heavy atom. The molecule has 3 rings (SSSR count). The van der Waals surface area contributed by atoms with Gasteiger partial charge in [0.2, 0.25) is 5.91 Å². The van der Waals surface area contributed by atoms with Gasteiger partial charge in [-0.2, -0.15) is 0 Å². The largest absolute Gasteiger partial charge is 0.386 e. The monoisotopic (exact) mass is 593 g/mol. The van der Waals surface area contributed by atoms with Gasteiger partial charge in [0.25, 0.3) is 0 Å². The minimum absolute atomic E-state index is 0.0383. The molecule has 0 saturated carbocycles. The Morgan fingerprint density at radius 2 is 1.89 bits per heavy atom. The molecule has 0 aliphatic carbocycles. The number of alkyl halides is 1. The van der Waals surface area contributed by atoms with Gasteiger partial charge in [-0.15, -0.1) is 0 Å². The van der Waals surface area contributed by atoms with Crippen molar-refractivity contribution in [3.63, 3.8) is 0 Å². The highest BCUT2D eigenvalue weighted by atomic mass is 79.9. The van der Waals surface area contributed by atoms with E-state index >= 15 is 0 Å². The van der Waals surface area contributed by atoms with Crippen LogP contribution in [0.5, 0.6) is 0 Å². The van der Waals surface area contributed by atoms with Crippen LogP contribution < -0.4 is 11.1 Å². The highest BCUT2D eigenvalue weighted by Gasteiger charge is 2.48. The fourth-order valence-electron chi connectivity index (χ4n) is 5.39. The number of nitrogens with one attached hydrogen (secondary N) is 1. The lowest BCUT2D eigenvalue weighted by molar-refractivity contribution is -0.151. The number of ether oxygens (including phenoxy) is 1. The van der Waals surface area contributed by atoms with E-state index in [0.29, 0.717) is 76.2 Å². The maximum absolute atomic E-state index is 14.0. The summed E-state index contributed by atoms with van der Waals surface area (Å²) in [5.74, 6) is -1.63. The zero-order valence-corrected chi connectivity index (χ0v) is 23.3. The van der Waals surface area contributed by atoms with Crippen LogP contribution in [0.2, 0.25) is 0 Å². The van der Waals surface area contributed by atoms with Crippen molar-refractivity contribution in [1.29, 1.82) is 0 Å². The lowest BCUT2D eigenvalue weighted by atomic mass is 9.73. The highest BCUT2D eigenvalue weighted by molar-refractivity contribution is 9.10. The van der Waals surface area contributed by atoms with Crippen LogP contribution >= 0.6 is 15.9 Å². The van der Waals surface area contributed by atoms with E-state index in [9.17, 15) is 23.6 Å². The summed E-state index contributed by atoms with van der Waals surface area (Å²) >= 11 is 3.37. The normalized spacial score (nSPS) is 19.5. The smallest absolute Gasteiger partial charge is 0.230 e. The minimum atomic E-state index is -1.14. The van der Waals surface area contributed by atoms with Crippen molar-refractivity contribution in [3.05, 3.63) is 46.7 Å². The third-order valence-electron chi connectivity index (χ3n) is 7.57. The van der Waals surface area contributed by atoms with Gasteiger partial charge in [0.15, 0.2) is 17.3 Å². The predicted molar refractivity (Wildman–Crippen MR) is 145 cm³/mol. The van der Waals surface area contributed by atoms with E-state index < -0.39 is 29.8 Å². The van der Waals surface area contributed by atoms with Gasteiger partial charge in [0.1, 0.15) is 6.67 Å². The van der Waals surface area contributed by atoms with Gasteiger partial charge in [-0.3, -0.25) is 19.2 Å². The quantitative estimate of drug-likeness (QED) is 0.249. The predicted octanol–water partition coefficient (Wildman–Crippen LogP) is 3.72. The number of hydrogen-bond acceptors (Lipinski definition) is 7. The number of halogens is 2. The summed E-state index contributed by atoms with van der Waals surface area (Å²) in [5.41, 5.74) is 5.07. The summed E-state index contributed by atoms with van der Waals surface area (Å²) in [6, 6.07) is 6.36. The van der Waals surface area contributed by atoms with E-state index in [1.807, 2.05) is 0 Å². The van der Waals surface area contributed by atoms with Crippen LogP contribution in [0, 0.1) is 11.3 Å². The summed E-state index contributed by atoms with van der Waals surface area (Å²) in [7, 11) is 0. The van der Waals surface area contributed by atoms with Crippen molar-refractivity contribution < 1.29 is 28.3 Å². The van der Waals surface area contributed by atoms with Gasteiger partial charge in [-0.25, -0.2) is 4.39 Å². The number of carbonyl (C=O) groups excluding carboxylic acids is 4. The second kappa shape index (κ2) is 14.0. The molecular weight excluding hydrogens is 557 g/mol. The SMILES string of the molecule is C=C(N)NCCC[C@H](CC(=O)[C@@H]1CCCN1C(=O)C1(CC(=O)c2ccc(Br)cc2)CCOCC1)C(=O)CF. The van der Waals surface area contributed by atoms with Crippen molar-refractivity contribution in [2.75, 3.05) is 33.0 Å². The molecule has 1 amide bonds. The van der Waals surface area contributed by atoms with E-state index in [2.05, 4.69) is 27.8 Å². The topological polar surface area (TPSA) is 119 Å². The van der Waals surface area contributed by atoms with Crippen LogP contribution in [-0.2, 0) is 19.1 Å². The van der Waals surface area contributed by atoms with Crippen LogP contribution in [0.4, 0.5) is 4.39 Å². The molecule has 2 saturated heterocycles. The summed E-state index contributed by atoms with van der Waals surface area (Å²) in [6.45, 7) is 4.01. The second-order valence-electron chi connectivity index (χ2n) is 10.2. The van der Waals surface area contributed by atoms with Crippen molar-refractivity contribution in [3.8, 4) is 0 Å². The Kier molecular flexibility index (Phi) is 11.0. The van der Waals surface area contributed by atoms with E-state index in [4.69, 9.17) is 10.5 Å². The van der Waals surface area contributed by atoms with Gasteiger partial charge in [-0.05, 0) is 50.7 Å². The summed E-state index contributed by atoms with van der Waals surface area (Å²) in [5, 5.41) is 2.86. The van der Waals surface area contributed by atoms with Gasteiger partial charge >= 0.3 is 0 Å². The molecule has 0 bridgehead atoms. The third-order valence-corrected chi connectivity index (χ3v) is 8.10.